The number of amides is 1. The van der Waals surface area contributed by atoms with Crippen molar-refractivity contribution >= 4 is 11.6 Å². The van der Waals surface area contributed by atoms with E-state index in [-0.39, 0.29) is 11.9 Å². The SMILES string of the molecule is Cc1nn2c(C)c(C(=O)NC(C)c3ccccc3)cnc2c1-c1ccccc1. The van der Waals surface area contributed by atoms with Gasteiger partial charge in [-0.3, -0.25) is 4.79 Å². The second-order valence-electron chi connectivity index (χ2n) is 6.92. The van der Waals surface area contributed by atoms with Crippen LogP contribution in [0.25, 0.3) is 16.8 Å². The molecule has 140 valence electrons. The zero-order valence-corrected chi connectivity index (χ0v) is 16.2. The van der Waals surface area contributed by atoms with Gasteiger partial charge >= 0.3 is 0 Å². The highest BCUT2D eigenvalue weighted by Crippen LogP contribution is 2.28. The average molecular weight is 370 g/mol. The van der Waals surface area contributed by atoms with Crippen molar-refractivity contribution in [3.8, 4) is 11.1 Å². The number of benzene rings is 2. The molecule has 2 heterocycles. The number of carbonyl (C=O) groups is 1. The zero-order chi connectivity index (χ0) is 19.7. The molecule has 0 saturated carbocycles. The van der Waals surface area contributed by atoms with Crippen LogP contribution in [0, 0.1) is 13.8 Å². The maximum atomic E-state index is 12.9. The van der Waals surface area contributed by atoms with Crippen LogP contribution >= 0.6 is 0 Å². The van der Waals surface area contributed by atoms with E-state index in [1.807, 2.05) is 81.4 Å². The van der Waals surface area contributed by atoms with Crippen molar-refractivity contribution in [2.24, 2.45) is 0 Å². The number of aromatic nitrogens is 3. The Bertz CT molecular complexity index is 1130. The summed E-state index contributed by atoms with van der Waals surface area (Å²) in [4.78, 5) is 17.4. The minimum absolute atomic E-state index is 0.0944. The van der Waals surface area contributed by atoms with Gasteiger partial charge in [0, 0.05) is 11.8 Å². The molecule has 4 aromatic rings. The molecule has 0 fully saturated rings. The van der Waals surface area contributed by atoms with Crippen LogP contribution in [-0.4, -0.2) is 20.5 Å². The summed E-state index contributed by atoms with van der Waals surface area (Å²) in [5.41, 5.74) is 6.06. The molecule has 0 aliphatic rings. The van der Waals surface area contributed by atoms with Crippen molar-refractivity contribution < 1.29 is 4.79 Å². The molecular weight excluding hydrogens is 348 g/mol. The summed E-state index contributed by atoms with van der Waals surface area (Å²) in [6.45, 7) is 5.84. The van der Waals surface area contributed by atoms with Crippen LogP contribution in [-0.2, 0) is 0 Å². The topological polar surface area (TPSA) is 59.3 Å². The molecule has 0 aliphatic carbocycles. The maximum Gasteiger partial charge on any atom is 0.255 e. The highest BCUT2D eigenvalue weighted by Gasteiger charge is 2.19. The lowest BCUT2D eigenvalue weighted by Gasteiger charge is -2.15. The first-order valence-electron chi connectivity index (χ1n) is 9.32. The van der Waals surface area contributed by atoms with Crippen LogP contribution in [0.1, 0.15) is 40.3 Å². The number of fused-ring (bicyclic) bond motifs is 1. The van der Waals surface area contributed by atoms with Gasteiger partial charge in [0.25, 0.3) is 5.91 Å². The summed E-state index contributed by atoms with van der Waals surface area (Å²) in [6, 6.07) is 19.9. The molecule has 1 unspecified atom stereocenters. The van der Waals surface area contributed by atoms with Crippen molar-refractivity contribution in [2.45, 2.75) is 26.8 Å². The van der Waals surface area contributed by atoms with Crippen LogP contribution in [0.2, 0.25) is 0 Å². The van der Waals surface area contributed by atoms with Crippen molar-refractivity contribution in [3.05, 3.63) is 89.4 Å². The minimum Gasteiger partial charge on any atom is -0.345 e. The number of hydrogen-bond acceptors (Lipinski definition) is 3. The van der Waals surface area contributed by atoms with Gasteiger partial charge in [0.15, 0.2) is 5.65 Å². The van der Waals surface area contributed by atoms with Crippen molar-refractivity contribution in [1.29, 1.82) is 0 Å². The number of rotatable bonds is 4. The lowest BCUT2D eigenvalue weighted by atomic mass is 10.1. The van der Waals surface area contributed by atoms with Crippen molar-refractivity contribution in [1.82, 2.24) is 19.9 Å². The van der Waals surface area contributed by atoms with Crippen molar-refractivity contribution in [3.63, 3.8) is 0 Å². The predicted molar refractivity (Wildman–Crippen MR) is 110 cm³/mol. The third kappa shape index (κ3) is 3.16. The van der Waals surface area contributed by atoms with Crippen LogP contribution in [0.4, 0.5) is 0 Å². The molecule has 0 bridgehead atoms. The van der Waals surface area contributed by atoms with E-state index < -0.39 is 0 Å². The molecular formula is C23H22N4O. The van der Waals surface area contributed by atoms with Gasteiger partial charge in [-0.15, -0.1) is 0 Å². The maximum absolute atomic E-state index is 12.9. The van der Waals surface area contributed by atoms with Gasteiger partial charge in [-0.05, 0) is 31.9 Å². The van der Waals surface area contributed by atoms with Crippen molar-refractivity contribution in [2.75, 3.05) is 0 Å². The van der Waals surface area contributed by atoms with E-state index in [9.17, 15) is 4.79 Å². The molecule has 5 heteroatoms. The second kappa shape index (κ2) is 7.27. The number of carbonyl (C=O) groups excluding carboxylic acids is 1. The molecule has 5 nitrogen and oxygen atoms in total. The Kier molecular flexibility index (Phi) is 4.65. The Morgan fingerprint density at radius 1 is 1.00 bits per heavy atom. The van der Waals surface area contributed by atoms with Gasteiger partial charge in [-0.1, -0.05) is 60.7 Å². The third-order valence-corrected chi connectivity index (χ3v) is 5.01. The van der Waals surface area contributed by atoms with E-state index in [1.54, 1.807) is 10.7 Å². The van der Waals surface area contributed by atoms with Gasteiger partial charge in [0.05, 0.1) is 23.0 Å². The molecule has 0 aliphatic heterocycles. The summed E-state index contributed by atoms with van der Waals surface area (Å²) in [6.07, 6.45) is 1.64. The molecule has 28 heavy (non-hydrogen) atoms. The summed E-state index contributed by atoms with van der Waals surface area (Å²) in [7, 11) is 0. The lowest BCUT2D eigenvalue weighted by Crippen LogP contribution is -2.28. The molecule has 2 aromatic carbocycles. The highest BCUT2D eigenvalue weighted by atomic mass is 16.1. The molecule has 1 amide bonds. The number of nitrogens with one attached hydrogen (secondary N) is 1. The number of nitrogens with zero attached hydrogens (tertiary/aromatic N) is 3. The molecule has 1 atom stereocenters. The normalized spacial score (nSPS) is 12.1. The Balaban J connectivity index is 1.70. The van der Waals surface area contributed by atoms with Crippen LogP contribution in [0.3, 0.4) is 0 Å². The first-order chi connectivity index (χ1) is 13.6. The molecule has 0 spiro atoms. The Labute approximate surface area is 164 Å². The zero-order valence-electron chi connectivity index (χ0n) is 16.2. The van der Waals surface area contributed by atoms with E-state index in [4.69, 9.17) is 0 Å². The standard InChI is InChI=1S/C23H22N4O/c1-15(18-10-6-4-7-11-18)25-23(28)20-14-24-22-21(19-12-8-5-9-13-19)16(2)26-27(22)17(20)3/h4-15H,1-3H3,(H,25,28). The molecule has 2 aromatic heterocycles. The van der Waals surface area contributed by atoms with E-state index >= 15 is 0 Å². The van der Waals surface area contributed by atoms with Crippen LogP contribution < -0.4 is 5.32 Å². The molecule has 4 rings (SSSR count). The Hall–Kier alpha value is -3.47. The molecule has 0 saturated heterocycles. The molecule has 0 radical (unpaired) electrons. The summed E-state index contributed by atoms with van der Waals surface area (Å²) >= 11 is 0. The monoisotopic (exact) mass is 370 g/mol. The van der Waals surface area contributed by atoms with E-state index in [2.05, 4.69) is 15.4 Å². The molecule has 1 N–H and O–H groups in total. The average Bonchev–Trinajstić information content (AvgIpc) is 3.06. The third-order valence-electron chi connectivity index (χ3n) is 5.01. The van der Waals surface area contributed by atoms with E-state index in [0.717, 1.165) is 33.7 Å². The van der Waals surface area contributed by atoms with E-state index in [0.29, 0.717) is 5.56 Å². The summed E-state index contributed by atoms with van der Waals surface area (Å²) < 4.78 is 1.76. The summed E-state index contributed by atoms with van der Waals surface area (Å²) in [5, 5.41) is 7.69. The number of aryl methyl sites for hydroxylation is 2. The first kappa shape index (κ1) is 17.9. The lowest BCUT2D eigenvalue weighted by molar-refractivity contribution is 0.0938. The fourth-order valence-corrected chi connectivity index (χ4v) is 3.47. The number of hydrogen-bond donors (Lipinski definition) is 1. The van der Waals surface area contributed by atoms with Gasteiger partial charge in [0.1, 0.15) is 0 Å². The summed E-state index contributed by atoms with van der Waals surface area (Å²) in [5.74, 6) is -0.155. The van der Waals surface area contributed by atoms with Gasteiger partial charge in [-0.2, -0.15) is 5.10 Å². The van der Waals surface area contributed by atoms with Crippen LogP contribution in [0.15, 0.2) is 66.9 Å². The fraction of sp³-hybridized carbons (Fsp3) is 0.174. The minimum atomic E-state index is -0.155. The smallest absolute Gasteiger partial charge is 0.255 e. The van der Waals surface area contributed by atoms with E-state index in [1.165, 1.54) is 0 Å². The van der Waals surface area contributed by atoms with Gasteiger partial charge < -0.3 is 5.32 Å². The first-order valence-corrected chi connectivity index (χ1v) is 9.32. The Morgan fingerprint density at radius 3 is 2.32 bits per heavy atom. The largest absolute Gasteiger partial charge is 0.345 e. The highest BCUT2D eigenvalue weighted by molar-refractivity contribution is 5.95. The van der Waals surface area contributed by atoms with Gasteiger partial charge in [-0.25, -0.2) is 9.50 Å². The quantitative estimate of drug-likeness (QED) is 0.575. The fourth-order valence-electron chi connectivity index (χ4n) is 3.47. The second-order valence-corrected chi connectivity index (χ2v) is 6.92. The predicted octanol–water partition coefficient (Wildman–Crippen LogP) is 4.50. The van der Waals surface area contributed by atoms with Crippen LogP contribution in [0.5, 0.6) is 0 Å². The Morgan fingerprint density at radius 2 is 1.64 bits per heavy atom. The van der Waals surface area contributed by atoms with Gasteiger partial charge in [0.2, 0.25) is 0 Å².